The van der Waals surface area contributed by atoms with E-state index in [1.165, 1.54) is 45.2 Å². The van der Waals surface area contributed by atoms with Crippen LogP contribution in [0.2, 0.25) is 0 Å². The normalized spacial score (nSPS) is 35.8. The molecule has 0 aromatic rings. The van der Waals surface area contributed by atoms with Crippen LogP contribution in [-0.4, -0.2) is 30.3 Å². The van der Waals surface area contributed by atoms with Gasteiger partial charge in [0.2, 0.25) is 0 Å². The van der Waals surface area contributed by atoms with E-state index >= 15 is 0 Å². The van der Waals surface area contributed by atoms with Crippen molar-refractivity contribution in [1.29, 1.82) is 0 Å². The van der Waals surface area contributed by atoms with Crippen LogP contribution in [0.15, 0.2) is 0 Å². The standard InChI is InChI=1S/C10H19NO/c1-2-3-7-11-8-9-5-4-6-10(11)12-9/h9-10H,2-8H2,1H3. The first-order chi connectivity index (χ1) is 5.90. The van der Waals surface area contributed by atoms with E-state index in [1.54, 1.807) is 0 Å². The van der Waals surface area contributed by atoms with Gasteiger partial charge in [-0.2, -0.15) is 0 Å². The molecule has 2 heteroatoms. The van der Waals surface area contributed by atoms with Crippen molar-refractivity contribution in [3.63, 3.8) is 0 Å². The van der Waals surface area contributed by atoms with Crippen LogP contribution in [-0.2, 0) is 4.74 Å². The summed E-state index contributed by atoms with van der Waals surface area (Å²) in [6.07, 6.45) is 7.61. The topological polar surface area (TPSA) is 12.5 Å². The van der Waals surface area contributed by atoms with Gasteiger partial charge in [-0.1, -0.05) is 13.3 Å². The van der Waals surface area contributed by atoms with Crippen molar-refractivity contribution < 1.29 is 4.74 Å². The molecule has 0 spiro atoms. The Bertz CT molecular complexity index is 149. The number of hydrogen-bond acceptors (Lipinski definition) is 2. The molecule has 0 saturated carbocycles. The molecule has 2 atom stereocenters. The van der Waals surface area contributed by atoms with Gasteiger partial charge in [0, 0.05) is 13.1 Å². The number of ether oxygens (including phenoxy) is 1. The molecular weight excluding hydrogens is 150 g/mol. The molecule has 0 aromatic heterocycles. The monoisotopic (exact) mass is 169 g/mol. The largest absolute Gasteiger partial charge is 0.359 e. The van der Waals surface area contributed by atoms with Crippen molar-refractivity contribution in [3.05, 3.63) is 0 Å². The zero-order chi connectivity index (χ0) is 8.39. The molecule has 2 bridgehead atoms. The van der Waals surface area contributed by atoms with Crippen LogP contribution in [0.1, 0.15) is 39.0 Å². The number of rotatable bonds is 3. The summed E-state index contributed by atoms with van der Waals surface area (Å²) in [5.41, 5.74) is 0. The minimum atomic E-state index is 0.482. The molecule has 0 aromatic carbocycles. The van der Waals surface area contributed by atoms with Gasteiger partial charge in [0.1, 0.15) is 6.23 Å². The Kier molecular flexibility index (Phi) is 2.66. The van der Waals surface area contributed by atoms with Crippen molar-refractivity contribution in [3.8, 4) is 0 Å². The second-order valence-corrected chi connectivity index (χ2v) is 3.99. The fraction of sp³-hybridized carbons (Fsp3) is 1.00. The Balaban J connectivity index is 1.83. The molecule has 0 radical (unpaired) electrons. The fourth-order valence-corrected chi connectivity index (χ4v) is 2.26. The molecule has 2 aliphatic heterocycles. The summed E-state index contributed by atoms with van der Waals surface area (Å²) in [4.78, 5) is 2.53. The van der Waals surface area contributed by atoms with E-state index in [4.69, 9.17) is 4.74 Å². The summed E-state index contributed by atoms with van der Waals surface area (Å²) in [7, 11) is 0. The predicted molar refractivity (Wildman–Crippen MR) is 49.0 cm³/mol. The highest BCUT2D eigenvalue weighted by molar-refractivity contribution is 4.82. The van der Waals surface area contributed by atoms with Gasteiger partial charge in [-0.25, -0.2) is 0 Å². The van der Waals surface area contributed by atoms with Crippen molar-refractivity contribution in [2.24, 2.45) is 0 Å². The summed E-state index contributed by atoms with van der Waals surface area (Å²) in [5.74, 6) is 0. The van der Waals surface area contributed by atoms with E-state index in [1.807, 2.05) is 0 Å². The fourth-order valence-electron chi connectivity index (χ4n) is 2.26. The summed E-state index contributed by atoms with van der Waals surface area (Å²) < 4.78 is 5.83. The lowest BCUT2D eigenvalue weighted by atomic mass is 10.1. The van der Waals surface area contributed by atoms with Crippen LogP contribution in [0.4, 0.5) is 0 Å². The second kappa shape index (κ2) is 3.75. The third-order valence-electron chi connectivity index (χ3n) is 2.97. The lowest BCUT2D eigenvalue weighted by Gasteiger charge is -2.23. The minimum absolute atomic E-state index is 0.482. The number of likely N-dealkylation sites (tertiary alicyclic amines) is 1. The Labute approximate surface area is 74.9 Å². The molecule has 2 unspecified atom stereocenters. The van der Waals surface area contributed by atoms with Crippen LogP contribution < -0.4 is 0 Å². The molecule has 0 amide bonds. The van der Waals surface area contributed by atoms with Crippen LogP contribution in [0, 0.1) is 0 Å². The Morgan fingerprint density at radius 3 is 3.08 bits per heavy atom. The quantitative estimate of drug-likeness (QED) is 0.640. The van der Waals surface area contributed by atoms with Crippen molar-refractivity contribution >= 4 is 0 Å². The summed E-state index contributed by atoms with van der Waals surface area (Å²) in [5, 5.41) is 0. The maximum atomic E-state index is 5.83. The smallest absolute Gasteiger partial charge is 0.111 e. The highest BCUT2D eigenvalue weighted by Gasteiger charge is 2.35. The number of unbranched alkanes of at least 4 members (excludes halogenated alkanes) is 1. The second-order valence-electron chi connectivity index (χ2n) is 3.99. The number of fused-ring (bicyclic) bond motifs is 2. The van der Waals surface area contributed by atoms with Gasteiger partial charge in [-0.15, -0.1) is 0 Å². The van der Waals surface area contributed by atoms with E-state index in [0.717, 1.165) is 0 Å². The molecule has 2 nitrogen and oxygen atoms in total. The molecule has 70 valence electrons. The highest BCUT2D eigenvalue weighted by atomic mass is 16.5. The van der Waals surface area contributed by atoms with Gasteiger partial charge in [-0.3, -0.25) is 4.90 Å². The van der Waals surface area contributed by atoms with Gasteiger partial charge in [-0.05, 0) is 25.7 Å². The average molecular weight is 169 g/mol. The predicted octanol–water partition coefficient (Wildman–Crippen LogP) is 2.00. The molecule has 2 saturated heterocycles. The highest BCUT2D eigenvalue weighted by Crippen LogP contribution is 2.29. The zero-order valence-corrected chi connectivity index (χ0v) is 7.96. The number of nitrogens with zero attached hydrogens (tertiary/aromatic N) is 1. The SMILES string of the molecule is CCCCN1CC2CCCC1O2. The average Bonchev–Trinajstić information content (AvgIpc) is 2.38. The Morgan fingerprint density at radius 1 is 1.42 bits per heavy atom. The third-order valence-corrected chi connectivity index (χ3v) is 2.97. The van der Waals surface area contributed by atoms with Crippen LogP contribution in [0.3, 0.4) is 0 Å². The summed E-state index contributed by atoms with van der Waals surface area (Å²) in [6.45, 7) is 4.70. The Morgan fingerprint density at radius 2 is 2.33 bits per heavy atom. The lowest BCUT2D eigenvalue weighted by Crippen LogP contribution is -2.30. The first-order valence-corrected chi connectivity index (χ1v) is 5.29. The van der Waals surface area contributed by atoms with Crippen molar-refractivity contribution in [1.82, 2.24) is 4.90 Å². The van der Waals surface area contributed by atoms with E-state index in [9.17, 15) is 0 Å². The third kappa shape index (κ3) is 1.64. The van der Waals surface area contributed by atoms with E-state index in [-0.39, 0.29) is 0 Å². The molecule has 2 aliphatic rings. The molecule has 12 heavy (non-hydrogen) atoms. The maximum Gasteiger partial charge on any atom is 0.111 e. The van der Waals surface area contributed by atoms with Gasteiger partial charge in [0.25, 0.3) is 0 Å². The van der Waals surface area contributed by atoms with Gasteiger partial charge in [0.05, 0.1) is 6.10 Å². The molecule has 2 fully saturated rings. The number of hydrogen-bond donors (Lipinski definition) is 0. The molecule has 2 rings (SSSR count). The van der Waals surface area contributed by atoms with Gasteiger partial charge >= 0.3 is 0 Å². The van der Waals surface area contributed by atoms with Crippen molar-refractivity contribution in [2.45, 2.75) is 51.4 Å². The lowest BCUT2D eigenvalue weighted by molar-refractivity contribution is -0.0333. The molecule has 0 N–H and O–H groups in total. The van der Waals surface area contributed by atoms with E-state index in [0.29, 0.717) is 12.3 Å². The first kappa shape index (κ1) is 8.52. The Hall–Kier alpha value is -0.0800. The first-order valence-electron chi connectivity index (χ1n) is 5.29. The minimum Gasteiger partial charge on any atom is -0.359 e. The molecule has 2 heterocycles. The van der Waals surface area contributed by atoms with E-state index in [2.05, 4.69) is 11.8 Å². The van der Waals surface area contributed by atoms with Crippen LogP contribution in [0.5, 0.6) is 0 Å². The van der Waals surface area contributed by atoms with Crippen LogP contribution in [0.25, 0.3) is 0 Å². The molecule has 0 aliphatic carbocycles. The van der Waals surface area contributed by atoms with Crippen molar-refractivity contribution in [2.75, 3.05) is 13.1 Å². The zero-order valence-electron chi connectivity index (χ0n) is 7.96. The molecular formula is C10H19NO. The van der Waals surface area contributed by atoms with E-state index < -0.39 is 0 Å². The van der Waals surface area contributed by atoms with Gasteiger partial charge in [0.15, 0.2) is 0 Å². The van der Waals surface area contributed by atoms with Crippen LogP contribution >= 0.6 is 0 Å². The summed E-state index contributed by atoms with van der Waals surface area (Å²) >= 11 is 0. The maximum absolute atomic E-state index is 5.83. The summed E-state index contributed by atoms with van der Waals surface area (Å²) in [6, 6.07) is 0. The van der Waals surface area contributed by atoms with Gasteiger partial charge < -0.3 is 4.74 Å².